The highest BCUT2D eigenvalue weighted by molar-refractivity contribution is 6.03. The van der Waals surface area contributed by atoms with Gasteiger partial charge in [0.05, 0.1) is 16.9 Å². The number of anilines is 1. The van der Waals surface area contributed by atoms with E-state index < -0.39 is 17.8 Å². The van der Waals surface area contributed by atoms with Crippen molar-refractivity contribution in [2.45, 2.75) is 6.18 Å². The fraction of sp³-hybridized carbons (Fsp3) is 0.222. The summed E-state index contributed by atoms with van der Waals surface area (Å²) in [6.45, 7) is 0. The molecule has 3 nitrogen and oxygen atoms in total. The van der Waals surface area contributed by atoms with Crippen LogP contribution >= 0.6 is 0 Å². The maximum absolute atomic E-state index is 12.3. The van der Waals surface area contributed by atoms with Crippen LogP contribution in [0.2, 0.25) is 0 Å². The minimum atomic E-state index is -4.41. The molecule has 0 atom stereocenters. The second kappa shape index (κ2) is 2.88. The molecule has 0 unspecified atom stereocenters. The summed E-state index contributed by atoms with van der Waals surface area (Å²) >= 11 is 0. The van der Waals surface area contributed by atoms with E-state index in [1.54, 1.807) is 0 Å². The van der Waals surface area contributed by atoms with E-state index in [1.165, 1.54) is 18.0 Å². The van der Waals surface area contributed by atoms with Gasteiger partial charge in [-0.3, -0.25) is 4.90 Å². The third-order valence-electron chi connectivity index (χ3n) is 2.17. The first-order valence-electron chi connectivity index (χ1n) is 4.10. The number of hydrogen-bond acceptors (Lipinski definition) is 1. The lowest BCUT2D eigenvalue weighted by atomic mass is 10.1. The van der Waals surface area contributed by atoms with Crippen molar-refractivity contribution in [1.82, 2.24) is 5.32 Å². The molecule has 2 rings (SSSR count). The van der Waals surface area contributed by atoms with Gasteiger partial charge in [-0.15, -0.1) is 0 Å². The molecular weight excluding hydrogens is 209 g/mol. The number of fused-ring (bicyclic) bond motifs is 1. The molecule has 15 heavy (non-hydrogen) atoms. The molecule has 0 spiro atoms. The Bertz CT molecular complexity index is 428. The second-order valence-electron chi connectivity index (χ2n) is 3.15. The topological polar surface area (TPSA) is 34.4 Å². The summed E-state index contributed by atoms with van der Waals surface area (Å²) in [5.74, 6) is 0. The summed E-state index contributed by atoms with van der Waals surface area (Å²) in [7, 11) is 1.46. The van der Waals surface area contributed by atoms with Crippen LogP contribution in [0.5, 0.6) is 0 Å². The standard InChI is InChI=1S/C9H6F3N2O/c1-14-7-3-2-5(9(10,11)12)4-6(7)13-8(14)15/h2-4H,1H3. The van der Waals surface area contributed by atoms with Gasteiger partial charge in [0, 0.05) is 7.05 Å². The Hall–Kier alpha value is -1.72. The van der Waals surface area contributed by atoms with Crippen LogP contribution in [-0.2, 0) is 6.18 Å². The monoisotopic (exact) mass is 215 g/mol. The zero-order valence-corrected chi connectivity index (χ0v) is 7.67. The molecule has 1 aliphatic heterocycles. The minimum absolute atomic E-state index is 0.0670. The number of rotatable bonds is 0. The van der Waals surface area contributed by atoms with Crippen molar-refractivity contribution in [3.05, 3.63) is 23.8 Å². The number of amides is 2. The van der Waals surface area contributed by atoms with E-state index in [2.05, 4.69) is 5.32 Å². The van der Waals surface area contributed by atoms with Crippen molar-refractivity contribution in [3.63, 3.8) is 0 Å². The SMILES string of the molecule is CN1C(=O)[N]c2cc(C(F)(F)F)ccc21. The van der Waals surface area contributed by atoms with Crippen LogP contribution in [0.4, 0.5) is 29.3 Å². The van der Waals surface area contributed by atoms with Gasteiger partial charge in [-0.25, -0.2) is 4.79 Å². The molecule has 79 valence electrons. The second-order valence-corrected chi connectivity index (χ2v) is 3.15. The lowest BCUT2D eigenvalue weighted by molar-refractivity contribution is -0.137. The number of hydrogen-bond donors (Lipinski definition) is 0. The Morgan fingerprint density at radius 2 is 2.00 bits per heavy atom. The van der Waals surface area contributed by atoms with Crippen molar-refractivity contribution < 1.29 is 18.0 Å². The van der Waals surface area contributed by atoms with E-state index in [-0.39, 0.29) is 5.69 Å². The third-order valence-corrected chi connectivity index (χ3v) is 2.17. The van der Waals surface area contributed by atoms with E-state index >= 15 is 0 Å². The largest absolute Gasteiger partial charge is 0.416 e. The Morgan fingerprint density at radius 1 is 1.33 bits per heavy atom. The van der Waals surface area contributed by atoms with Gasteiger partial charge >= 0.3 is 12.2 Å². The molecule has 0 N–H and O–H groups in total. The Kier molecular flexibility index (Phi) is 1.89. The van der Waals surface area contributed by atoms with Gasteiger partial charge in [-0.2, -0.15) is 18.5 Å². The molecule has 0 fully saturated rings. The first-order chi connectivity index (χ1) is 6.89. The third kappa shape index (κ3) is 1.51. The predicted octanol–water partition coefficient (Wildman–Crippen LogP) is 2.51. The lowest BCUT2D eigenvalue weighted by Gasteiger charge is -2.09. The van der Waals surface area contributed by atoms with E-state index in [4.69, 9.17) is 0 Å². The fourth-order valence-electron chi connectivity index (χ4n) is 1.35. The smallest absolute Gasteiger partial charge is 0.293 e. The molecule has 0 saturated carbocycles. The predicted molar refractivity (Wildman–Crippen MR) is 47.0 cm³/mol. The molecule has 1 heterocycles. The van der Waals surface area contributed by atoms with Crippen LogP contribution in [0.1, 0.15) is 5.56 Å². The number of carbonyl (C=O) groups excluding carboxylic acids is 1. The summed E-state index contributed by atoms with van der Waals surface area (Å²) in [4.78, 5) is 12.3. The van der Waals surface area contributed by atoms with Gasteiger partial charge in [-0.05, 0) is 18.2 Å². The van der Waals surface area contributed by atoms with Gasteiger partial charge < -0.3 is 0 Å². The molecule has 1 aromatic carbocycles. The molecule has 6 heteroatoms. The van der Waals surface area contributed by atoms with Crippen molar-refractivity contribution in [1.29, 1.82) is 0 Å². The first-order valence-corrected chi connectivity index (χ1v) is 4.10. The number of benzene rings is 1. The number of nitrogens with zero attached hydrogens (tertiary/aromatic N) is 2. The number of carbonyl (C=O) groups is 1. The van der Waals surface area contributed by atoms with Crippen molar-refractivity contribution in [3.8, 4) is 0 Å². The summed E-state index contributed by atoms with van der Waals surface area (Å²) in [6, 6.07) is 2.50. The van der Waals surface area contributed by atoms with E-state index in [1.807, 2.05) is 0 Å². The molecule has 2 amide bonds. The highest BCUT2D eigenvalue weighted by atomic mass is 19.4. The van der Waals surface area contributed by atoms with Crippen molar-refractivity contribution in [2.75, 3.05) is 11.9 Å². The van der Waals surface area contributed by atoms with E-state index in [0.29, 0.717) is 5.69 Å². The van der Waals surface area contributed by atoms with Crippen LogP contribution in [-0.4, -0.2) is 13.1 Å². The molecule has 0 aliphatic carbocycles. The molecule has 0 saturated heterocycles. The normalized spacial score (nSPS) is 15.2. The van der Waals surface area contributed by atoms with Gasteiger partial charge in [0.1, 0.15) is 0 Å². The maximum Gasteiger partial charge on any atom is 0.416 e. The Labute approximate surface area is 83.5 Å². The van der Waals surface area contributed by atoms with E-state index in [9.17, 15) is 18.0 Å². The summed E-state index contributed by atoms with van der Waals surface area (Å²) in [6.07, 6.45) is -4.41. The van der Waals surface area contributed by atoms with Crippen molar-refractivity contribution in [2.24, 2.45) is 0 Å². The number of alkyl halides is 3. The summed E-state index contributed by atoms with van der Waals surface area (Å²) < 4.78 is 36.9. The zero-order chi connectivity index (χ0) is 11.2. The molecule has 0 aromatic heterocycles. The quantitative estimate of drug-likeness (QED) is 0.654. The molecule has 1 aromatic rings. The Morgan fingerprint density at radius 3 is 2.60 bits per heavy atom. The highest BCUT2D eigenvalue weighted by Gasteiger charge is 2.34. The number of halogens is 3. The first kappa shape index (κ1) is 9.82. The average Bonchev–Trinajstić information content (AvgIpc) is 2.41. The highest BCUT2D eigenvalue weighted by Crippen LogP contribution is 2.37. The summed E-state index contributed by atoms with van der Waals surface area (Å²) in [5, 5.41) is 3.49. The maximum atomic E-state index is 12.3. The molecule has 1 aliphatic rings. The van der Waals surface area contributed by atoms with Crippen LogP contribution in [0.25, 0.3) is 0 Å². The van der Waals surface area contributed by atoms with Gasteiger partial charge in [-0.1, -0.05) is 0 Å². The molecular formula is C9H6F3N2O. The van der Waals surface area contributed by atoms with Crippen LogP contribution in [0.15, 0.2) is 18.2 Å². The zero-order valence-electron chi connectivity index (χ0n) is 7.67. The van der Waals surface area contributed by atoms with Crippen LogP contribution < -0.4 is 10.2 Å². The molecule has 1 radical (unpaired) electrons. The van der Waals surface area contributed by atoms with Crippen LogP contribution in [0, 0.1) is 0 Å². The molecule has 0 bridgehead atoms. The van der Waals surface area contributed by atoms with Gasteiger partial charge in [0.2, 0.25) is 0 Å². The fourth-order valence-corrected chi connectivity index (χ4v) is 1.35. The summed E-state index contributed by atoms with van der Waals surface area (Å²) in [5.41, 5.74) is -0.335. The van der Waals surface area contributed by atoms with Gasteiger partial charge in [0.25, 0.3) is 0 Å². The Balaban J connectivity index is 2.47. The van der Waals surface area contributed by atoms with Gasteiger partial charge in [0.15, 0.2) is 0 Å². The average molecular weight is 215 g/mol. The van der Waals surface area contributed by atoms with Crippen molar-refractivity contribution >= 4 is 17.4 Å². The minimum Gasteiger partial charge on any atom is -0.293 e. The lowest BCUT2D eigenvalue weighted by Crippen LogP contribution is -2.22. The number of urea groups is 1. The van der Waals surface area contributed by atoms with Crippen LogP contribution in [0.3, 0.4) is 0 Å². The van der Waals surface area contributed by atoms with E-state index in [0.717, 1.165) is 12.1 Å².